The van der Waals surface area contributed by atoms with Crippen LogP contribution in [0.5, 0.6) is 0 Å². The number of nitrogens with zero attached hydrogens (tertiary/aromatic N) is 5. The van der Waals surface area contributed by atoms with E-state index in [1.165, 1.54) is 4.57 Å². The zero-order valence-corrected chi connectivity index (χ0v) is 14.6. The van der Waals surface area contributed by atoms with Crippen LogP contribution in [-0.4, -0.2) is 90.3 Å². The summed E-state index contributed by atoms with van der Waals surface area (Å²) in [4.78, 5) is 23.9. The minimum Gasteiger partial charge on any atom is -0.394 e. The van der Waals surface area contributed by atoms with E-state index in [0.717, 1.165) is 0 Å². The third kappa shape index (κ3) is 3.58. The molecule has 1 unspecified atom stereocenters. The maximum absolute atomic E-state index is 12.4. The van der Waals surface area contributed by atoms with Gasteiger partial charge in [0.2, 0.25) is 6.41 Å². The van der Waals surface area contributed by atoms with E-state index >= 15 is 0 Å². The maximum atomic E-state index is 12.4. The van der Waals surface area contributed by atoms with Crippen molar-refractivity contribution in [2.24, 2.45) is 4.99 Å². The smallest absolute Gasteiger partial charge is 0.351 e. The minimum absolute atomic E-state index is 0.228. The highest BCUT2D eigenvalue weighted by Crippen LogP contribution is 2.39. The largest absolute Gasteiger partial charge is 0.394 e. The van der Waals surface area contributed by atoms with Gasteiger partial charge in [0.15, 0.2) is 12.0 Å². The Morgan fingerprint density at radius 1 is 1.28 bits per heavy atom. The lowest BCUT2D eigenvalue weighted by Gasteiger charge is -2.23. The van der Waals surface area contributed by atoms with Gasteiger partial charge < -0.3 is 24.2 Å². The van der Waals surface area contributed by atoms with Crippen molar-refractivity contribution in [1.29, 1.82) is 0 Å². The molecule has 2 aliphatic heterocycles. The van der Waals surface area contributed by atoms with Crippen molar-refractivity contribution in [3.8, 4) is 0 Å². The summed E-state index contributed by atoms with van der Waals surface area (Å²) in [6, 6.07) is 1.62. The van der Waals surface area contributed by atoms with Gasteiger partial charge in [-0.15, -0.1) is 0 Å². The molecule has 0 aromatic carbocycles. The molecule has 3 rings (SSSR count). The summed E-state index contributed by atoms with van der Waals surface area (Å²) in [5.41, 5.74) is -0.507. The van der Waals surface area contributed by atoms with Crippen molar-refractivity contribution < 1.29 is 19.3 Å². The molecule has 10 nitrogen and oxygen atoms in total. The first-order chi connectivity index (χ1) is 11.9. The van der Waals surface area contributed by atoms with Crippen LogP contribution in [0.4, 0.5) is 5.82 Å². The molecule has 1 N–H and O–H groups in total. The first-order valence-electron chi connectivity index (χ1n) is 7.94. The summed E-state index contributed by atoms with van der Waals surface area (Å²) in [5, 5.41) is 9.54. The third-order valence-electron chi connectivity index (χ3n) is 3.94. The summed E-state index contributed by atoms with van der Waals surface area (Å²) in [6.07, 6.45) is 0.304. The number of ether oxygens (including phenoxy) is 3. The van der Waals surface area contributed by atoms with E-state index in [0.29, 0.717) is 5.82 Å². The van der Waals surface area contributed by atoms with Gasteiger partial charge in [-0.05, 0) is 20.2 Å². The first-order valence-corrected chi connectivity index (χ1v) is 7.94. The third-order valence-corrected chi connectivity index (χ3v) is 3.94. The fraction of sp³-hybridized carbons (Fsp3) is 0.667. The van der Waals surface area contributed by atoms with E-state index < -0.39 is 36.6 Å². The van der Waals surface area contributed by atoms with Gasteiger partial charge in [0.05, 0.1) is 12.9 Å². The zero-order chi connectivity index (χ0) is 18.1. The zero-order valence-electron chi connectivity index (χ0n) is 14.6. The van der Waals surface area contributed by atoms with Crippen LogP contribution in [0.2, 0.25) is 0 Å². The molecule has 1 aromatic rings. The van der Waals surface area contributed by atoms with Gasteiger partial charge in [-0.3, -0.25) is 9.47 Å². The molecule has 0 aliphatic carbocycles. The Balaban J connectivity index is 1.85. The second-order valence-electron chi connectivity index (χ2n) is 6.40. The molecule has 25 heavy (non-hydrogen) atoms. The number of aliphatic hydroxyl groups is 1. The van der Waals surface area contributed by atoms with Crippen molar-refractivity contribution in [1.82, 2.24) is 19.4 Å². The van der Waals surface area contributed by atoms with Gasteiger partial charge in [-0.1, -0.05) is 0 Å². The number of aromatic nitrogens is 2. The number of hydrogen-bond acceptors (Lipinski definition) is 8. The molecule has 0 bridgehead atoms. The highest BCUT2D eigenvalue weighted by atomic mass is 16.8. The lowest BCUT2D eigenvalue weighted by molar-refractivity contribution is -0.199. The molecule has 2 fully saturated rings. The second kappa shape index (κ2) is 7.18. The topological polar surface area (TPSA) is 102 Å². The van der Waals surface area contributed by atoms with Crippen molar-refractivity contribution in [2.45, 2.75) is 31.0 Å². The Morgan fingerprint density at radius 3 is 2.60 bits per heavy atom. The van der Waals surface area contributed by atoms with Crippen molar-refractivity contribution in [2.75, 3.05) is 34.8 Å². The van der Waals surface area contributed by atoms with Crippen LogP contribution < -0.4 is 5.69 Å². The second-order valence-corrected chi connectivity index (χ2v) is 6.40. The Bertz CT molecular complexity index is 691. The molecule has 0 saturated carbocycles. The number of aliphatic hydroxyl groups excluding tert-OH is 1. The molecule has 2 aliphatic rings. The molecule has 10 heteroatoms. The Morgan fingerprint density at radius 2 is 2.00 bits per heavy atom. The fourth-order valence-corrected chi connectivity index (χ4v) is 2.78. The summed E-state index contributed by atoms with van der Waals surface area (Å²) < 4.78 is 18.7. The van der Waals surface area contributed by atoms with E-state index in [2.05, 4.69) is 9.98 Å². The molecule has 2 saturated heterocycles. The number of rotatable bonds is 5. The predicted octanol–water partition coefficient (Wildman–Crippen LogP) is -1.02. The number of hydrogen-bond donors (Lipinski definition) is 1. The summed E-state index contributed by atoms with van der Waals surface area (Å²) in [5.74, 6) is 0.304. The summed E-state index contributed by atoms with van der Waals surface area (Å²) in [6.45, 7) is -0.228. The molecular formula is C15H23N5O5. The molecule has 0 amide bonds. The van der Waals surface area contributed by atoms with Crippen LogP contribution in [-0.2, 0) is 14.2 Å². The SMILES string of the molecule is CN(C)C=Nc1ccn([C@@H]2O[C@H](CO)[C@H]3OC(N(C)C)O[C@H]32)c(=O)n1. The Hall–Kier alpha value is -1.85. The molecular weight excluding hydrogens is 330 g/mol. The minimum atomic E-state index is -0.723. The van der Waals surface area contributed by atoms with E-state index in [1.54, 1.807) is 28.4 Å². The van der Waals surface area contributed by atoms with E-state index in [9.17, 15) is 9.90 Å². The highest BCUT2D eigenvalue weighted by Gasteiger charge is 2.53. The van der Waals surface area contributed by atoms with E-state index in [1.807, 2.05) is 28.2 Å². The van der Waals surface area contributed by atoms with Crippen LogP contribution in [0, 0.1) is 0 Å². The van der Waals surface area contributed by atoms with Gasteiger partial charge in [0.1, 0.15) is 18.3 Å². The van der Waals surface area contributed by atoms with Crippen LogP contribution in [0.1, 0.15) is 6.23 Å². The molecule has 0 spiro atoms. The number of fused-ring (bicyclic) bond motifs is 1. The van der Waals surface area contributed by atoms with Crippen LogP contribution in [0.15, 0.2) is 22.1 Å². The monoisotopic (exact) mass is 353 g/mol. The average Bonchev–Trinajstić information content (AvgIpc) is 3.12. The lowest BCUT2D eigenvalue weighted by Crippen LogP contribution is -2.35. The van der Waals surface area contributed by atoms with Crippen LogP contribution in [0.25, 0.3) is 0 Å². The predicted molar refractivity (Wildman–Crippen MR) is 88.6 cm³/mol. The van der Waals surface area contributed by atoms with Crippen molar-refractivity contribution in [3.63, 3.8) is 0 Å². The normalized spacial score (nSPS) is 31.8. The average molecular weight is 353 g/mol. The van der Waals surface area contributed by atoms with Crippen LogP contribution in [0.3, 0.4) is 0 Å². The molecule has 5 atom stereocenters. The number of aliphatic imine (C=N–C) groups is 1. The molecule has 0 radical (unpaired) electrons. The van der Waals surface area contributed by atoms with Gasteiger partial charge in [-0.25, -0.2) is 9.79 Å². The summed E-state index contributed by atoms with van der Waals surface area (Å²) >= 11 is 0. The standard InChI is InChI=1S/C15H23N5O5/c1-18(2)8-16-10-5-6-20(14(22)17-10)13-12-11(9(7-21)23-13)24-15(25-12)19(3)4/h5-6,8-9,11-13,15,21H,7H2,1-4H3/t9-,11-,12-,13-,15?/m1/s1. The quantitative estimate of drug-likeness (QED) is 0.530. The van der Waals surface area contributed by atoms with E-state index in [4.69, 9.17) is 14.2 Å². The highest BCUT2D eigenvalue weighted by molar-refractivity contribution is 5.58. The van der Waals surface area contributed by atoms with Gasteiger partial charge in [0.25, 0.3) is 0 Å². The summed E-state index contributed by atoms with van der Waals surface area (Å²) in [7, 11) is 7.29. The lowest BCUT2D eigenvalue weighted by atomic mass is 10.1. The van der Waals surface area contributed by atoms with Crippen molar-refractivity contribution >= 4 is 12.2 Å². The van der Waals surface area contributed by atoms with Gasteiger partial charge in [0, 0.05) is 20.3 Å². The Labute approximate surface area is 145 Å². The molecule has 1 aromatic heterocycles. The first kappa shape index (κ1) is 18.0. The van der Waals surface area contributed by atoms with E-state index in [-0.39, 0.29) is 6.61 Å². The Kier molecular flexibility index (Phi) is 5.16. The van der Waals surface area contributed by atoms with Crippen LogP contribution >= 0.6 is 0 Å². The molecule has 3 heterocycles. The maximum Gasteiger partial charge on any atom is 0.351 e. The van der Waals surface area contributed by atoms with Crippen molar-refractivity contribution in [3.05, 3.63) is 22.7 Å². The van der Waals surface area contributed by atoms with Gasteiger partial charge >= 0.3 is 5.69 Å². The fourth-order valence-electron chi connectivity index (χ4n) is 2.78. The van der Waals surface area contributed by atoms with Gasteiger partial charge in [-0.2, -0.15) is 4.98 Å². The molecule has 138 valence electrons.